The minimum absolute atomic E-state index is 0.118. The second-order valence-electron chi connectivity index (χ2n) is 11.0. The van der Waals surface area contributed by atoms with Gasteiger partial charge in [-0.1, -0.05) is 62.4 Å². The predicted molar refractivity (Wildman–Crippen MR) is 153 cm³/mol. The molecule has 2 aliphatic rings. The Morgan fingerprint density at radius 3 is 2.54 bits per heavy atom. The molecule has 9 heteroatoms. The number of amides is 1. The Balaban J connectivity index is 1.49. The summed E-state index contributed by atoms with van der Waals surface area (Å²) in [5.74, 6) is 0.649. The van der Waals surface area contributed by atoms with Crippen LogP contribution < -0.4 is 26.4 Å². The SMILES string of the molecule is COCCCOC(c1ccccc1)C1CCCN(c2c(N[C@@H](CNC(=O)O)CC3CCCCC3)c(=O)c2=O)C1. The van der Waals surface area contributed by atoms with Crippen molar-refractivity contribution in [2.24, 2.45) is 11.8 Å². The molecular weight excluding hydrogens is 498 g/mol. The van der Waals surface area contributed by atoms with Gasteiger partial charge >= 0.3 is 6.09 Å². The van der Waals surface area contributed by atoms with Gasteiger partial charge in [0.25, 0.3) is 10.9 Å². The van der Waals surface area contributed by atoms with Gasteiger partial charge in [0.2, 0.25) is 0 Å². The van der Waals surface area contributed by atoms with Gasteiger partial charge in [0, 0.05) is 51.9 Å². The van der Waals surface area contributed by atoms with Crippen molar-refractivity contribution in [3.8, 4) is 0 Å². The third-order valence-corrected chi connectivity index (χ3v) is 8.20. The summed E-state index contributed by atoms with van der Waals surface area (Å²) < 4.78 is 11.6. The van der Waals surface area contributed by atoms with E-state index in [4.69, 9.17) is 9.47 Å². The largest absolute Gasteiger partial charge is 0.465 e. The number of nitrogens with one attached hydrogen (secondary N) is 2. The van der Waals surface area contributed by atoms with Crippen molar-refractivity contribution in [1.29, 1.82) is 0 Å². The first kappa shape index (κ1) is 29.1. The van der Waals surface area contributed by atoms with E-state index in [1.54, 1.807) is 7.11 Å². The molecule has 0 aromatic heterocycles. The lowest BCUT2D eigenvalue weighted by Gasteiger charge is -2.39. The Labute approximate surface area is 230 Å². The molecule has 3 atom stereocenters. The van der Waals surface area contributed by atoms with Crippen LogP contribution in [0.4, 0.5) is 16.2 Å². The lowest BCUT2D eigenvalue weighted by Crippen LogP contribution is -2.49. The lowest BCUT2D eigenvalue weighted by atomic mass is 9.84. The highest BCUT2D eigenvalue weighted by atomic mass is 16.5. The Bertz CT molecular complexity index is 1110. The molecule has 1 aliphatic carbocycles. The molecule has 0 radical (unpaired) electrons. The Kier molecular flexibility index (Phi) is 10.8. The van der Waals surface area contributed by atoms with E-state index in [1.807, 2.05) is 23.1 Å². The van der Waals surface area contributed by atoms with Crippen molar-refractivity contribution in [3.05, 3.63) is 56.3 Å². The van der Waals surface area contributed by atoms with E-state index in [0.717, 1.165) is 44.1 Å². The fourth-order valence-corrected chi connectivity index (χ4v) is 6.27. The summed E-state index contributed by atoms with van der Waals surface area (Å²) in [4.78, 5) is 38.9. The second kappa shape index (κ2) is 14.5. The highest BCUT2D eigenvalue weighted by Gasteiger charge is 2.35. The molecule has 1 heterocycles. The van der Waals surface area contributed by atoms with Gasteiger partial charge in [0.05, 0.1) is 6.10 Å². The second-order valence-corrected chi connectivity index (χ2v) is 11.0. The zero-order valence-electron chi connectivity index (χ0n) is 23.0. The molecule has 1 saturated carbocycles. The number of nitrogens with zero attached hydrogens (tertiary/aromatic N) is 1. The van der Waals surface area contributed by atoms with Crippen LogP contribution in [0.3, 0.4) is 0 Å². The molecule has 1 saturated heterocycles. The number of ether oxygens (including phenoxy) is 2. The molecule has 2 aromatic rings. The number of piperidine rings is 1. The van der Waals surface area contributed by atoms with E-state index in [1.165, 1.54) is 19.3 Å². The maximum atomic E-state index is 12.9. The average molecular weight is 542 g/mol. The molecule has 2 aromatic carbocycles. The van der Waals surface area contributed by atoms with Crippen LogP contribution in [0.2, 0.25) is 0 Å². The Hall–Kier alpha value is -2.91. The van der Waals surface area contributed by atoms with Crippen molar-refractivity contribution in [2.75, 3.05) is 50.2 Å². The number of benzene rings is 1. The smallest absolute Gasteiger partial charge is 0.404 e. The number of methoxy groups -OCH3 is 1. The van der Waals surface area contributed by atoms with Crippen LogP contribution >= 0.6 is 0 Å². The molecule has 39 heavy (non-hydrogen) atoms. The standard InChI is InChI=1S/C30H43N3O6/c1-38-16-9-17-39-29(22-12-6-3-7-13-22)23-14-8-15-33(20-23)26-25(27(34)28(26)35)32-24(19-31-30(36)37)18-21-10-4-2-5-11-21/h3,6-7,12-13,21,23-24,29,31-32H,2,4-5,8-11,14-20H2,1H3,(H,36,37)/t23?,24-,29?/m1/s1. The van der Waals surface area contributed by atoms with Crippen molar-refractivity contribution in [3.63, 3.8) is 0 Å². The van der Waals surface area contributed by atoms with Gasteiger partial charge in [-0.25, -0.2) is 4.79 Å². The zero-order chi connectivity index (χ0) is 27.6. The number of hydrogen-bond acceptors (Lipinski definition) is 7. The highest BCUT2D eigenvalue weighted by Crippen LogP contribution is 2.36. The van der Waals surface area contributed by atoms with Crippen molar-refractivity contribution in [1.82, 2.24) is 5.32 Å². The molecular formula is C30H43N3O6. The Morgan fingerprint density at radius 1 is 1.05 bits per heavy atom. The molecule has 2 unspecified atom stereocenters. The summed E-state index contributed by atoms with van der Waals surface area (Å²) in [6.45, 7) is 2.72. The number of rotatable bonds is 14. The maximum Gasteiger partial charge on any atom is 0.404 e. The van der Waals surface area contributed by atoms with E-state index in [0.29, 0.717) is 43.6 Å². The summed E-state index contributed by atoms with van der Waals surface area (Å²) >= 11 is 0. The van der Waals surface area contributed by atoms with Gasteiger partial charge in [0.1, 0.15) is 11.4 Å². The van der Waals surface area contributed by atoms with Crippen LogP contribution in [0.1, 0.15) is 69.5 Å². The Morgan fingerprint density at radius 2 is 1.82 bits per heavy atom. The third kappa shape index (κ3) is 7.82. The minimum atomic E-state index is -1.09. The molecule has 1 aliphatic heterocycles. The number of carboxylic acid groups (broad SMARTS) is 1. The molecule has 214 valence electrons. The molecule has 3 N–H and O–H groups in total. The van der Waals surface area contributed by atoms with E-state index in [-0.39, 0.29) is 24.6 Å². The van der Waals surface area contributed by atoms with Crippen LogP contribution in [-0.4, -0.2) is 57.2 Å². The summed E-state index contributed by atoms with van der Waals surface area (Å²) in [5, 5.41) is 15.0. The van der Waals surface area contributed by atoms with E-state index < -0.39 is 17.0 Å². The van der Waals surface area contributed by atoms with Crippen LogP contribution in [-0.2, 0) is 9.47 Å². The van der Waals surface area contributed by atoms with Crippen molar-refractivity contribution in [2.45, 2.75) is 69.9 Å². The number of hydrogen-bond donors (Lipinski definition) is 3. The minimum Gasteiger partial charge on any atom is -0.465 e. The number of anilines is 2. The van der Waals surface area contributed by atoms with Crippen molar-refractivity contribution >= 4 is 17.5 Å². The van der Waals surface area contributed by atoms with E-state index >= 15 is 0 Å². The molecule has 1 amide bonds. The fraction of sp³-hybridized carbons (Fsp3) is 0.633. The first-order valence-corrected chi connectivity index (χ1v) is 14.4. The summed E-state index contributed by atoms with van der Waals surface area (Å²) in [7, 11) is 1.68. The summed E-state index contributed by atoms with van der Waals surface area (Å²) in [6, 6.07) is 9.93. The first-order valence-electron chi connectivity index (χ1n) is 14.4. The fourth-order valence-electron chi connectivity index (χ4n) is 6.27. The van der Waals surface area contributed by atoms with E-state index in [2.05, 4.69) is 22.8 Å². The molecule has 0 bridgehead atoms. The van der Waals surface area contributed by atoms with Crippen LogP contribution in [0, 0.1) is 11.8 Å². The van der Waals surface area contributed by atoms with Crippen molar-refractivity contribution < 1.29 is 19.4 Å². The molecule has 4 rings (SSSR count). The monoisotopic (exact) mass is 541 g/mol. The van der Waals surface area contributed by atoms with Gasteiger partial charge in [-0.3, -0.25) is 9.59 Å². The van der Waals surface area contributed by atoms with Gasteiger partial charge in [0.15, 0.2) is 0 Å². The normalized spacial score (nSPS) is 20.0. The van der Waals surface area contributed by atoms with Gasteiger partial charge in [-0.15, -0.1) is 0 Å². The van der Waals surface area contributed by atoms with Crippen LogP contribution in [0.25, 0.3) is 0 Å². The zero-order valence-corrected chi connectivity index (χ0v) is 23.0. The highest BCUT2D eigenvalue weighted by molar-refractivity contribution is 5.76. The van der Waals surface area contributed by atoms with Gasteiger partial charge < -0.3 is 30.1 Å². The predicted octanol–water partition coefficient (Wildman–Crippen LogP) is 4.31. The average Bonchev–Trinajstić information content (AvgIpc) is 2.96. The topological polar surface area (TPSA) is 117 Å². The van der Waals surface area contributed by atoms with E-state index in [9.17, 15) is 19.5 Å². The molecule has 9 nitrogen and oxygen atoms in total. The third-order valence-electron chi connectivity index (χ3n) is 8.20. The van der Waals surface area contributed by atoms with Gasteiger partial charge in [-0.05, 0) is 37.2 Å². The maximum absolute atomic E-state index is 12.9. The first-order chi connectivity index (χ1) is 19.0. The van der Waals surface area contributed by atoms with Gasteiger partial charge in [-0.2, -0.15) is 0 Å². The van der Waals surface area contributed by atoms with Crippen LogP contribution in [0.15, 0.2) is 39.9 Å². The quantitative estimate of drug-likeness (QED) is 0.239. The summed E-state index contributed by atoms with van der Waals surface area (Å²) in [5.41, 5.74) is 0.924. The lowest BCUT2D eigenvalue weighted by molar-refractivity contribution is -0.00235. The number of carbonyl (C=O) groups is 1. The summed E-state index contributed by atoms with van der Waals surface area (Å²) in [6.07, 6.45) is 8.04. The molecule has 2 fully saturated rings. The molecule has 0 spiro atoms. The van der Waals surface area contributed by atoms with Crippen LogP contribution in [0.5, 0.6) is 0 Å².